The Hall–Kier alpha value is -2.09. The van der Waals surface area contributed by atoms with Gasteiger partial charge < -0.3 is 9.80 Å². The average molecular weight is 367 g/mol. The fraction of sp³-hybridized carbons (Fsp3) is 0.556. The van der Waals surface area contributed by atoms with Crippen molar-refractivity contribution in [3.8, 4) is 0 Å². The first-order chi connectivity index (χ1) is 12.2. The van der Waals surface area contributed by atoms with Crippen LogP contribution in [0.4, 0.5) is 18.9 Å². The monoisotopic (exact) mass is 367 g/mol. The van der Waals surface area contributed by atoms with Gasteiger partial charge in [0.1, 0.15) is 0 Å². The van der Waals surface area contributed by atoms with Crippen LogP contribution in [0.1, 0.15) is 37.9 Å². The van der Waals surface area contributed by atoms with Gasteiger partial charge in [-0.15, -0.1) is 0 Å². The highest BCUT2D eigenvalue weighted by atomic mass is 19.4. The van der Waals surface area contributed by atoms with Gasteiger partial charge in [0.15, 0.2) is 0 Å². The van der Waals surface area contributed by atoms with Crippen LogP contribution < -0.4 is 0 Å². The number of halogens is 3. The predicted molar refractivity (Wildman–Crippen MR) is 96.6 cm³/mol. The highest BCUT2D eigenvalue weighted by Crippen LogP contribution is 2.40. The highest BCUT2D eigenvalue weighted by molar-refractivity contribution is 5.88. The van der Waals surface area contributed by atoms with Crippen LogP contribution in [-0.2, 0) is 6.18 Å². The van der Waals surface area contributed by atoms with Crippen molar-refractivity contribution in [1.29, 1.82) is 0 Å². The minimum atomic E-state index is -4.38. The first-order valence-corrected chi connectivity index (χ1v) is 8.71. The Labute approximate surface area is 151 Å². The SMILES string of the molecule is CC(C)=NN1C(N2CCN(C)CC2)=Nc2cc(C(F)(F)F)ccc2C1C. The molecular weight excluding hydrogens is 343 g/mol. The van der Waals surface area contributed by atoms with Crippen LogP contribution in [0.5, 0.6) is 0 Å². The van der Waals surface area contributed by atoms with E-state index in [1.54, 1.807) is 0 Å². The van der Waals surface area contributed by atoms with Crippen LogP contribution in [0.3, 0.4) is 0 Å². The second kappa shape index (κ2) is 6.90. The Kier molecular flexibility index (Phi) is 4.96. The molecule has 2 aliphatic heterocycles. The average Bonchev–Trinajstić information content (AvgIpc) is 2.56. The Bertz CT molecular complexity index is 729. The lowest BCUT2D eigenvalue weighted by molar-refractivity contribution is -0.137. The molecule has 2 heterocycles. The summed E-state index contributed by atoms with van der Waals surface area (Å²) in [7, 11) is 2.06. The summed E-state index contributed by atoms with van der Waals surface area (Å²) < 4.78 is 39.3. The number of rotatable bonds is 1. The van der Waals surface area contributed by atoms with E-state index in [1.807, 2.05) is 25.8 Å². The molecule has 0 saturated carbocycles. The standard InChI is InChI=1S/C18H24F3N5/c1-12(2)23-26-13(3)15-6-5-14(18(19,20)21)11-16(15)22-17(26)25-9-7-24(4)8-10-25/h5-6,11,13H,7-10H2,1-4H3. The molecule has 0 amide bonds. The fourth-order valence-electron chi connectivity index (χ4n) is 3.20. The molecule has 0 aromatic heterocycles. The van der Waals surface area contributed by atoms with Crippen molar-refractivity contribution in [2.45, 2.75) is 33.0 Å². The molecule has 1 aromatic carbocycles. The number of hydrazone groups is 1. The largest absolute Gasteiger partial charge is 0.416 e. The first-order valence-electron chi connectivity index (χ1n) is 8.71. The third-order valence-corrected chi connectivity index (χ3v) is 4.69. The zero-order chi connectivity index (χ0) is 19.1. The number of hydrogen-bond acceptors (Lipinski definition) is 5. The Morgan fingerprint density at radius 2 is 1.81 bits per heavy atom. The second-order valence-electron chi connectivity index (χ2n) is 7.04. The zero-order valence-electron chi connectivity index (χ0n) is 15.5. The molecule has 1 fully saturated rings. The normalized spacial score (nSPS) is 21.3. The molecule has 1 atom stereocenters. The van der Waals surface area contributed by atoms with Gasteiger partial charge >= 0.3 is 6.18 Å². The third-order valence-electron chi connectivity index (χ3n) is 4.69. The van der Waals surface area contributed by atoms with Crippen LogP contribution in [0.25, 0.3) is 0 Å². The molecule has 2 aliphatic rings. The van der Waals surface area contributed by atoms with E-state index in [4.69, 9.17) is 0 Å². The van der Waals surface area contributed by atoms with Crippen LogP contribution in [0, 0.1) is 0 Å². The smallest absolute Gasteiger partial charge is 0.338 e. The summed E-state index contributed by atoms with van der Waals surface area (Å²) in [6.07, 6.45) is -4.38. The molecule has 142 valence electrons. The van der Waals surface area contributed by atoms with Gasteiger partial charge in [-0.1, -0.05) is 6.07 Å². The number of aliphatic imine (C=N–C) groups is 1. The van der Waals surface area contributed by atoms with E-state index < -0.39 is 11.7 Å². The van der Waals surface area contributed by atoms with Crippen molar-refractivity contribution in [1.82, 2.24) is 14.8 Å². The molecular formula is C18H24F3N5. The summed E-state index contributed by atoms with van der Waals surface area (Å²) in [5.41, 5.74) is 1.32. The van der Waals surface area contributed by atoms with Gasteiger partial charge in [-0.2, -0.15) is 18.3 Å². The van der Waals surface area contributed by atoms with Crippen molar-refractivity contribution in [2.24, 2.45) is 10.1 Å². The molecule has 1 aromatic rings. The molecule has 0 radical (unpaired) electrons. The predicted octanol–water partition coefficient (Wildman–Crippen LogP) is 3.71. The highest BCUT2D eigenvalue weighted by Gasteiger charge is 2.35. The van der Waals surface area contributed by atoms with Crippen molar-refractivity contribution in [3.05, 3.63) is 29.3 Å². The number of hydrogen-bond donors (Lipinski definition) is 0. The maximum atomic E-state index is 13.1. The van der Waals surface area contributed by atoms with Crippen LogP contribution in [0.15, 0.2) is 28.3 Å². The van der Waals surface area contributed by atoms with E-state index in [-0.39, 0.29) is 6.04 Å². The minimum Gasteiger partial charge on any atom is -0.338 e. The Morgan fingerprint density at radius 3 is 2.38 bits per heavy atom. The summed E-state index contributed by atoms with van der Waals surface area (Å²) in [5.74, 6) is 0.624. The molecule has 1 unspecified atom stereocenters. The van der Waals surface area contributed by atoms with Gasteiger partial charge in [0.25, 0.3) is 0 Å². The molecule has 5 nitrogen and oxygen atoms in total. The molecule has 26 heavy (non-hydrogen) atoms. The van der Waals surface area contributed by atoms with Crippen LogP contribution >= 0.6 is 0 Å². The van der Waals surface area contributed by atoms with Gasteiger partial charge in [0, 0.05) is 37.5 Å². The zero-order valence-corrected chi connectivity index (χ0v) is 15.5. The molecule has 1 saturated heterocycles. The maximum Gasteiger partial charge on any atom is 0.416 e. The van der Waals surface area contributed by atoms with Gasteiger partial charge in [0.05, 0.1) is 17.3 Å². The van der Waals surface area contributed by atoms with Crippen molar-refractivity contribution in [3.63, 3.8) is 0 Å². The molecule has 0 aliphatic carbocycles. The number of alkyl halides is 3. The lowest BCUT2D eigenvalue weighted by atomic mass is 10.0. The fourth-order valence-corrected chi connectivity index (χ4v) is 3.20. The molecule has 8 heteroatoms. The first kappa shape index (κ1) is 18.7. The van der Waals surface area contributed by atoms with Crippen LogP contribution in [-0.4, -0.2) is 59.7 Å². The maximum absolute atomic E-state index is 13.1. The van der Waals surface area contributed by atoms with Crippen molar-refractivity contribution < 1.29 is 13.2 Å². The van der Waals surface area contributed by atoms with Gasteiger partial charge in [-0.3, -0.25) is 0 Å². The van der Waals surface area contributed by atoms with Crippen LogP contribution in [0.2, 0.25) is 0 Å². The summed E-state index contributed by atoms with van der Waals surface area (Å²) in [6.45, 7) is 9.05. The van der Waals surface area contributed by atoms with E-state index >= 15 is 0 Å². The van der Waals surface area contributed by atoms with E-state index in [9.17, 15) is 13.2 Å². The number of fused-ring (bicyclic) bond motifs is 1. The number of piperazine rings is 1. The second-order valence-corrected chi connectivity index (χ2v) is 7.04. The Balaban J connectivity index is 2.06. The lowest BCUT2D eigenvalue weighted by Gasteiger charge is -2.41. The summed E-state index contributed by atoms with van der Waals surface area (Å²) in [5, 5.41) is 6.43. The van der Waals surface area contributed by atoms with Gasteiger partial charge in [-0.05, 0) is 40.0 Å². The Morgan fingerprint density at radius 1 is 1.15 bits per heavy atom. The number of nitrogens with zero attached hydrogens (tertiary/aromatic N) is 5. The minimum absolute atomic E-state index is 0.186. The molecule has 0 bridgehead atoms. The molecule has 0 N–H and O–H groups in total. The lowest BCUT2D eigenvalue weighted by Crippen LogP contribution is -2.52. The van der Waals surface area contributed by atoms with Crippen molar-refractivity contribution in [2.75, 3.05) is 33.2 Å². The number of guanidine groups is 1. The topological polar surface area (TPSA) is 34.4 Å². The van der Waals surface area contributed by atoms with E-state index in [1.165, 1.54) is 6.07 Å². The molecule has 3 rings (SSSR count). The summed E-state index contributed by atoms with van der Waals surface area (Å²) >= 11 is 0. The number of likely N-dealkylation sites (N-methyl/N-ethyl adjacent to an activating group) is 1. The summed E-state index contributed by atoms with van der Waals surface area (Å²) in [4.78, 5) is 8.92. The number of benzene rings is 1. The third kappa shape index (κ3) is 3.70. The van der Waals surface area contributed by atoms with Gasteiger partial charge in [-0.25, -0.2) is 10.0 Å². The molecule has 0 spiro atoms. The van der Waals surface area contributed by atoms with Gasteiger partial charge in [0.2, 0.25) is 5.96 Å². The quantitative estimate of drug-likeness (QED) is 0.710. The van der Waals surface area contributed by atoms with E-state index in [0.717, 1.165) is 49.6 Å². The van der Waals surface area contributed by atoms with Crippen molar-refractivity contribution >= 4 is 17.4 Å². The summed E-state index contributed by atoms with van der Waals surface area (Å²) in [6, 6.07) is 3.59. The van der Waals surface area contributed by atoms with E-state index in [2.05, 4.69) is 26.9 Å². The van der Waals surface area contributed by atoms with E-state index in [0.29, 0.717) is 11.6 Å².